The Hall–Kier alpha value is -1.59. The number of nitrogens with one attached hydrogen (secondary N) is 2. The number of carboxylic acids is 1. The first kappa shape index (κ1) is 17.2. The molecular formula is C18H28N2O4. The standard InChI is InChI=1S/C18H28N2O4/c1-10(2)15(16(23)19-9-14(21)22)20-17(24)18-6-11-3-12(7-18)5-13(4-11)8-18/h10-13,15H,3-9H2,1-2H3,(H,19,23)(H,20,24)(H,21,22). The van der Waals surface area contributed by atoms with Gasteiger partial charge in [0.15, 0.2) is 0 Å². The molecule has 1 atom stereocenters. The summed E-state index contributed by atoms with van der Waals surface area (Å²) in [5.74, 6) is 0.423. The van der Waals surface area contributed by atoms with Gasteiger partial charge >= 0.3 is 5.97 Å². The molecule has 0 aromatic carbocycles. The van der Waals surface area contributed by atoms with E-state index in [1.807, 2.05) is 13.8 Å². The van der Waals surface area contributed by atoms with Crippen LogP contribution in [0.4, 0.5) is 0 Å². The molecular weight excluding hydrogens is 308 g/mol. The number of rotatable bonds is 6. The second-order valence-corrected chi connectivity index (χ2v) is 8.50. The van der Waals surface area contributed by atoms with Crippen molar-refractivity contribution in [3.63, 3.8) is 0 Å². The monoisotopic (exact) mass is 336 g/mol. The Labute approximate surface area is 142 Å². The van der Waals surface area contributed by atoms with Crippen LogP contribution >= 0.6 is 0 Å². The number of hydrogen-bond acceptors (Lipinski definition) is 3. The largest absolute Gasteiger partial charge is 0.480 e. The normalized spacial score (nSPS) is 34.9. The van der Waals surface area contributed by atoms with Gasteiger partial charge in [0, 0.05) is 5.41 Å². The van der Waals surface area contributed by atoms with Gasteiger partial charge in [-0.05, 0) is 62.2 Å². The van der Waals surface area contributed by atoms with Crippen LogP contribution in [0.3, 0.4) is 0 Å². The van der Waals surface area contributed by atoms with E-state index >= 15 is 0 Å². The van der Waals surface area contributed by atoms with Gasteiger partial charge in [-0.15, -0.1) is 0 Å². The van der Waals surface area contributed by atoms with E-state index in [9.17, 15) is 14.4 Å². The minimum atomic E-state index is -1.08. The lowest BCUT2D eigenvalue weighted by Crippen LogP contribution is -2.58. The van der Waals surface area contributed by atoms with Crippen molar-refractivity contribution in [1.82, 2.24) is 10.6 Å². The summed E-state index contributed by atoms with van der Waals surface area (Å²) >= 11 is 0. The van der Waals surface area contributed by atoms with E-state index < -0.39 is 24.5 Å². The number of carbonyl (C=O) groups is 3. The number of aliphatic carboxylic acids is 1. The zero-order valence-corrected chi connectivity index (χ0v) is 14.5. The van der Waals surface area contributed by atoms with Gasteiger partial charge in [0.1, 0.15) is 12.6 Å². The molecule has 0 aromatic rings. The third-order valence-corrected chi connectivity index (χ3v) is 6.17. The van der Waals surface area contributed by atoms with Gasteiger partial charge in [0.05, 0.1) is 0 Å². The molecule has 4 saturated carbocycles. The van der Waals surface area contributed by atoms with Crippen LogP contribution in [0.15, 0.2) is 0 Å². The average molecular weight is 336 g/mol. The molecule has 0 heterocycles. The lowest BCUT2D eigenvalue weighted by atomic mass is 9.49. The fraction of sp³-hybridized carbons (Fsp3) is 0.833. The molecule has 0 aromatic heterocycles. The predicted molar refractivity (Wildman–Crippen MR) is 88.0 cm³/mol. The van der Waals surface area contributed by atoms with Gasteiger partial charge < -0.3 is 15.7 Å². The molecule has 4 aliphatic carbocycles. The van der Waals surface area contributed by atoms with Crippen LogP contribution in [0.1, 0.15) is 52.4 Å². The van der Waals surface area contributed by atoms with E-state index in [0.29, 0.717) is 17.8 Å². The van der Waals surface area contributed by atoms with Crippen molar-refractivity contribution in [2.75, 3.05) is 6.54 Å². The summed E-state index contributed by atoms with van der Waals surface area (Å²) in [4.78, 5) is 36.0. The van der Waals surface area contributed by atoms with Crippen LogP contribution < -0.4 is 10.6 Å². The summed E-state index contributed by atoms with van der Waals surface area (Å²) in [5, 5.41) is 14.1. The zero-order valence-electron chi connectivity index (χ0n) is 14.5. The van der Waals surface area contributed by atoms with Crippen LogP contribution in [0.2, 0.25) is 0 Å². The van der Waals surface area contributed by atoms with E-state index in [0.717, 1.165) is 19.3 Å². The second kappa shape index (κ2) is 6.37. The fourth-order valence-corrected chi connectivity index (χ4v) is 5.49. The highest BCUT2D eigenvalue weighted by Crippen LogP contribution is 2.60. The van der Waals surface area contributed by atoms with Gasteiger partial charge in [-0.2, -0.15) is 0 Å². The maximum Gasteiger partial charge on any atom is 0.322 e. The summed E-state index contributed by atoms with van der Waals surface area (Å²) in [6, 6.07) is -0.676. The lowest BCUT2D eigenvalue weighted by Gasteiger charge is -2.55. The molecule has 4 rings (SSSR count). The SMILES string of the molecule is CC(C)C(NC(=O)C12CC3CC(CC(C3)C1)C2)C(=O)NCC(=O)O. The predicted octanol–water partition coefficient (Wildman–Crippen LogP) is 1.54. The molecule has 1 unspecified atom stereocenters. The van der Waals surface area contributed by atoms with Gasteiger partial charge in [0.25, 0.3) is 0 Å². The Morgan fingerprint density at radius 3 is 1.96 bits per heavy atom. The Balaban J connectivity index is 1.67. The number of carbonyl (C=O) groups excluding carboxylic acids is 2. The molecule has 24 heavy (non-hydrogen) atoms. The smallest absolute Gasteiger partial charge is 0.322 e. The summed E-state index contributed by atoms with van der Waals surface area (Å²) in [6.45, 7) is 3.31. The molecule has 0 aliphatic heterocycles. The molecule has 0 spiro atoms. The molecule has 0 radical (unpaired) electrons. The maximum absolute atomic E-state index is 13.0. The van der Waals surface area contributed by atoms with E-state index in [2.05, 4.69) is 10.6 Å². The molecule has 6 heteroatoms. The van der Waals surface area contributed by atoms with E-state index in [1.54, 1.807) is 0 Å². The van der Waals surface area contributed by atoms with Crippen molar-refractivity contribution in [3.8, 4) is 0 Å². The molecule has 4 bridgehead atoms. The molecule has 4 aliphatic rings. The Kier molecular flexibility index (Phi) is 4.58. The Bertz CT molecular complexity index is 508. The van der Waals surface area contributed by atoms with E-state index in [-0.39, 0.29) is 17.2 Å². The molecule has 4 fully saturated rings. The molecule has 3 N–H and O–H groups in total. The molecule has 0 saturated heterocycles. The van der Waals surface area contributed by atoms with Crippen molar-refractivity contribution in [2.24, 2.45) is 29.1 Å². The highest BCUT2D eigenvalue weighted by Gasteiger charge is 2.55. The Morgan fingerprint density at radius 2 is 1.54 bits per heavy atom. The minimum Gasteiger partial charge on any atom is -0.480 e. The highest BCUT2D eigenvalue weighted by molar-refractivity contribution is 5.91. The zero-order chi connectivity index (χ0) is 17.5. The van der Waals surface area contributed by atoms with Crippen LogP contribution in [0.25, 0.3) is 0 Å². The number of carboxylic acid groups (broad SMARTS) is 1. The highest BCUT2D eigenvalue weighted by atomic mass is 16.4. The van der Waals surface area contributed by atoms with E-state index in [1.165, 1.54) is 19.3 Å². The number of amides is 2. The summed E-state index contributed by atoms with van der Waals surface area (Å²) in [7, 11) is 0. The van der Waals surface area contributed by atoms with Crippen molar-refractivity contribution < 1.29 is 19.5 Å². The van der Waals surface area contributed by atoms with Crippen LogP contribution in [-0.2, 0) is 14.4 Å². The summed E-state index contributed by atoms with van der Waals surface area (Å²) in [5.41, 5.74) is -0.297. The molecule has 134 valence electrons. The van der Waals surface area contributed by atoms with Gasteiger partial charge in [-0.3, -0.25) is 14.4 Å². The molecule has 6 nitrogen and oxygen atoms in total. The van der Waals surface area contributed by atoms with Gasteiger partial charge in [-0.1, -0.05) is 13.8 Å². The topological polar surface area (TPSA) is 95.5 Å². The fourth-order valence-electron chi connectivity index (χ4n) is 5.49. The van der Waals surface area contributed by atoms with E-state index in [4.69, 9.17) is 5.11 Å². The first-order valence-corrected chi connectivity index (χ1v) is 9.09. The summed E-state index contributed by atoms with van der Waals surface area (Å²) < 4.78 is 0. The minimum absolute atomic E-state index is 0.00535. The van der Waals surface area contributed by atoms with Crippen molar-refractivity contribution in [2.45, 2.75) is 58.4 Å². The second-order valence-electron chi connectivity index (χ2n) is 8.50. The first-order valence-electron chi connectivity index (χ1n) is 9.09. The quantitative estimate of drug-likeness (QED) is 0.686. The van der Waals surface area contributed by atoms with Crippen LogP contribution in [0.5, 0.6) is 0 Å². The first-order chi connectivity index (χ1) is 11.3. The van der Waals surface area contributed by atoms with Crippen LogP contribution in [0, 0.1) is 29.1 Å². The van der Waals surface area contributed by atoms with Crippen LogP contribution in [-0.4, -0.2) is 35.5 Å². The van der Waals surface area contributed by atoms with Gasteiger partial charge in [-0.25, -0.2) is 0 Å². The maximum atomic E-state index is 13.0. The molecule has 2 amide bonds. The average Bonchev–Trinajstić information content (AvgIpc) is 2.48. The van der Waals surface area contributed by atoms with Gasteiger partial charge in [0.2, 0.25) is 11.8 Å². The van der Waals surface area contributed by atoms with Crippen molar-refractivity contribution in [1.29, 1.82) is 0 Å². The van der Waals surface area contributed by atoms with Crippen molar-refractivity contribution in [3.05, 3.63) is 0 Å². The third-order valence-electron chi connectivity index (χ3n) is 6.17. The third kappa shape index (κ3) is 3.28. The summed E-state index contributed by atoms with van der Waals surface area (Å²) in [6.07, 6.45) is 6.64. The lowest BCUT2D eigenvalue weighted by molar-refractivity contribution is -0.149. The number of hydrogen-bond donors (Lipinski definition) is 3. The van der Waals surface area contributed by atoms with Crippen molar-refractivity contribution >= 4 is 17.8 Å². The Morgan fingerprint density at radius 1 is 1.04 bits per heavy atom.